The van der Waals surface area contributed by atoms with E-state index in [9.17, 15) is 14.4 Å². The molecule has 0 aliphatic heterocycles. The Morgan fingerprint density at radius 2 is 2.00 bits per heavy atom. The molecule has 1 N–H and O–H groups in total. The third-order valence-corrected chi connectivity index (χ3v) is 4.36. The van der Waals surface area contributed by atoms with E-state index in [2.05, 4.69) is 10.3 Å². The summed E-state index contributed by atoms with van der Waals surface area (Å²) in [4.78, 5) is 40.3. The third-order valence-electron chi connectivity index (χ3n) is 3.60. The topological polar surface area (TPSA) is 94.6 Å². The number of carbonyl (C=O) groups is 3. The highest BCUT2D eigenvalue weighted by Crippen LogP contribution is 2.41. The van der Waals surface area contributed by atoms with Crippen LogP contribution in [0.25, 0.3) is 0 Å². The van der Waals surface area contributed by atoms with Crippen LogP contribution in [0.5, 0.6) is 0 Å². The molecule has 7 nitrogen and oxygen atoms in total. The van der Waals surface area contributed by atoms with Crippen molar-refractivity contribution in [1.29, 1.82) is 0 Å². The molecular weight excluding hydrogens is 356 g/mol. The normalized spacial score (nSPS) is 19.4. The van der Waals surface area contributed by atoms with Gasteiger partial charge in [0.2, 0.25) is 0 Å². The first kappa shape index (κ1) is 22.1. The number of thiazole rings is 1. The van der Waals surface area contributed by atoms with Crippen molar-refractivity contribution in [3.05, 3.63) is 11.1 Å². The van der Waals surface area contributed by atoms with Crippen LogP contribution in [0.3, 0.4) is 0 Å². The summed E-state index contributed by atoms with van der Waals surface area (Å²) in [6.07, 6.45) is 0.170. The minimum absolute atomic E-state index is 0.0118. The summed E-state index contributed by atoms with van der Waals surface area (Å²) >= 11 is 1.18. The maximum absolute atomic E-state index is 12.4. The summed E-state index contributed by atoms with van der Waals surface area (Å²) in [6, 6.07) is 0. The Morgan fingerprint density at radius 1 is 1.35 bits per heavy atom. The first-order valence-electron chi connectivity index (χ1n) is 8.81. The van der Waals surface area contributed by atoms with Crippen molar-refractivity contribution in [2.24, 2.45) is 0 Å². The average molecular weight is 384 g/mol. The number of rotatable bonds is 4. The van der Waals surface area contributed by atoms with Crippen molar-refractivity contribution in [2.75, 3.05) is 11.9 Å². The summed E-state index contributed by atoms with van der Waals surface area (Å²) in [5, 5.41) is 4.56. The lowest BCUT2D eigenvalue weighted by Crippen LogP contribution is -2.35. The van der Waals surface area contributed by atoms with Crippen LogP contribution in [0.4, 0.5) is 9.93 Å². The fourth-order valence-electron chi connectivity index (χ4n) is 2.57. The molecule has 0 bridgehead atoms. The van der Waals surface area contributed by atoms with Crippen LogP contribution in [0, 0.1) is 0 Å². The van der Waals surface area contributed by atoms with Crippen LogP contribution in [0.15, 0.2) is 5.38 Å². The molecule has 0 radical (unpaired) electrons. The van der Waals surface area contributed by atoms with E-state index in [1.807, 2.05) is 13.8 Å². The highest BCUT2D eigenvalue weighted by Gasteiger charge is 2.49. The average Bonchev–Trinajstić information content (AvgIpc) is 3.15. The van der Waals surface area contributed by atoms with Crippen LogP contribution in [0.2, 0.25) is 0 Å². The van der Waals surface area contributed by atoms with Crippen molar-refractivity contribution in [2.45, 2.75) is 71.8 Å². The number of hydrogen-bond acceptors (Lipinski definition) is 7. The molecule has 1 aromatic rings. The molecule has 1 aliphatic rings. The van der Waals surface area contributed by atoms with E-state index in [-0.39, 0.29) is 18.8 Å². The number of nitrogens with one attached hydrogen (secondary N) is 1. The van der Waals surface area contributed by atoms with Crippen molar-refractivity contribution in [3.63, 3.8) is 0 Å². The van der Waals surface area contributed by atoms with Crippen LogP contribution in [-0.2, 0) is 24.5 Å². The molecule has 1 fully saturated rings. The maximum Gasteiger partial charge on any atom is 0.413 e. The molecule has 0 spiro atoms. The quantitative estimate of drug-likeness (QED) is 0.786. The van der Waals surface area contributed by atoms with Crippen molar-refractivity contribution >= 4 is 34.3 Å². The minimum atomic E-state index is -1.04. The molecule has 1 atom stereocenters. The molecule has 1 aliphatic carbocycles. The van der Waals surface area contributed by atoms with Crippen LogP contribution >= 0.6 is 11.3 Å². The number of anilines is 1. The first-order chi connectivity index (χ1) is 12.2. The number of ether oxygens (including phenoxy) is 2. The van der Waals surface area contributed by atoms with Crippen molar-refractivity contribution < 1.29 is 23.9 Å². The Kier molecular flexibility index (Phi) is 7.74. The van der Waals surface area contributed by atoms with Gasteiger partial charge in [0.05, 0.1) is 12.3 Å². The zero-order valence-electron chi connectivity index (χ0n) is 16.3. The lowest BCUT2D eigenvalue weighted by atomic mass is 9.83. The molecule has 1 unspecified atom stereocenters. The number of amides is 1. The van der Waals surface area contributed by atoms with Crippen molar-refractivity contribution in [1.82, 2.24) is 4.98 Å². The van der Waals surface area contributed by atoms with E-state index >= 15 is 0 Å². The van der Waals surface area contributed by atoms with Gasteiger partial charge in [-0.2, -0.15) is 0 Å². The molecule has 0 saturated heterocycles. The zero-order valence-corrected chi connectivity index (χ0v) is 17.1. The second-order valence-electron chi connectivity index (χ2n) is 6.68. The van der Waals surface area contributed by atoms with Gasteiger partial charge in [0.15, 0.2) is 5.13 Å². The van der Waals surface area contributed by atoms with Gasteiger partial charge in [0, 0.05) is 18.2 Å². The molecule has 0 aromatic carbocycles. The number of Topliss-reactive ketones (excluding diaryl/α,β-unsaturated/α-hetero) is 1. The van der Waals surface area contributed by atoms with Crippen molar-refractivity contribution in [3.8, 4) is 0 Å². The Bertz CT molecular complexity index is 650. The number of aromatic nitrogens is 1. The molecular formula is C18H28N2O5S. The Hall–Kier alpha value is -1.96. The molecule has 8 heteroatoms. The largest absolute Gasteiger partial charge is 0.465 e. The Morgan fingerprint density at radius 3 is 2.50 bits per heavy atom. The van der Waals surface area contributed by atoms with Gasteiger partial charge in [-0.15, -0.1) is 11.3 Å². The summed E-state index contributed by atoms with van der Waals surface area (Å²) in [5.74, 6) is -0.428. The van der Waals surface area contributed by atoms with Crippen LogP contribution in [-0.4, -0.2) is 35.0 Å². The van der Waals surface area contributed by atoms with Crippen LogP contribution < -0.4 is 5.32 Å². The second-order valence-corrected chi connectivity index (χ2v) is 7.54. The van der Waals surface area contributed by atoms with Gasteiger partial charge < -0.3 is 9.47 Å². The number of hydrogen-bond donors (Lipinski definition) is 1. The summed E-state index contributed by atoms with van der Waals surface area (Å²) in [7, 11) is 0. The number of ketones is 1. The predicted molar refractivity (Wildman–Crippen MR) is 100 cm³/mol. The van der Waals surface area contributed by atoms with Gasteiger partial charge in [-0.1, -0.05) is 13.8 Å². The molecule has 26 heavy (non-hydrogen) atoms. The summed E-state index contributed by atoms with van der Waals surface area (Å²) in [5.41, 5.74) is -1.20. The number of nitrogens with zero attached hydrogens (tertiary/aromatic N) is 1. The summed E-state index contributed by atoms with van der Waals surface area (Å²) in [6.45, 7) is 11.3. The second kappa shape index (κ2) is 9.12. The van der Waals surface area contributed by atoms with E-state index in [0.717, 1.165) is 0 Å². The van der Waals surface area contributed by atoms with Crippen LogP contribution in [0.1, 0.15) is 66.5 Å². The van der Waals surface area contributed by atoms with Gasteiger partial charge in [-0.25, -0.2) is 9.78 Å². The molecule has 1 amide bonds. The first-order valence-corrected chi connectivity index (χ1v) is 9.69. The minimum Gasteiger partial charge on any atom is -0.465 e. The van der Waals surface area contributed by atoms with E-state index in [0.29, 0.717) is 23.7 Å². The number of esters is 1. The van der Waals surface area contributed by atoms with Gasteiger partial charge in [0.25, 0.3) is 0 Å². The summed E-state index contributed by atoms with van der Waals surface area (Å²) < 4.78 is 10.3. The monoisotopic (exact) mass is 384 g/mol. The van der Waals surface area contributed by atoms with E-state index in [1.54, 1.807) is 33.1 Å². The fourth-order valence-corrected chi connectivity index (χ4v) is 3.37. The lowest BCUT2D eigenvalue weighted by Gasteiger charge is -2.23. The van der Waals surface area contributed by atoms with Gasteiger partial charge in [0.1, 0.15) is 16.8 Å². The molecule has 1 heterocycles. The smallest absolute Gasteiger partial charge is 0.413 e. The molecule has 146 valence electrons. The van der Waals surface area contributed by atoms with Gasteiger partial charge in [-0.3, -0.25) is 14.9 Å². The van der Waals surface area contributed by atoms with E-state index < -0.39 is 23.1 Å². The maximum atomic E-state index is 12.4. The fraction of sp³-hybridized carbons (Fsp3) is 0.667. The Balaban J connectivity index is 0.00000163. The van der Waals surface area contributed by atoms with Gasteiger partial charge in [-0.05, 0) is 34.1 Å². The standard InChI is InChI=1S/C16H22N2O5S.C2H6/c1-5-22-12(20)16(7-6-10(19)8-16)11-9-24-13(17-11)18-14(21)23-15(2,3)4;1-2/h9H,5-8H2,1-4H3,(H,17,18,21);1-2H3. The highest BCUT2D eigenvalue weighted by molar-refractivity contribution is 7.14. The Labute approximate surface area is 158 Å². The van der Waals surface area contributed by atoms with E-state index in [4.69, 9.17) is 9.47 Å². The SMILES string of the molecule is CC.CCOC(=O)C1(c2csc(NC(=O)OC(C)(C)C)n2)CCC(=O)C1. The molecule has 2 rings (SSSR count). The lowest BCUT2D eigenvalue weighted by molar-refractivity contribution is -0.150. The van der Waals surface area contributed by atoms with Gasteiger partial charge >= 0.3 is 12.1 Å². The van der Waals surface area contributed by atoms with E-state index in [1.165, 1.54) is 11.3 Å². The number of carbonyl (C=O) groups excluding carboxylic acids is 3. The highest BCUT2D eigenvalue weighted by atomic mass is 32.1. The molecule has 1 saturated carbocycles. The molecule has 1 aromatic heterocycles. The predicted octanol–water partition coefficient (Wildman–Crippen LogP) is 4.07. The zero-order chi connectivity index (χ0) is 20.0. The third kappa shape index (κ3) is 5.52.